The zero-order valence-corrected chi connectivity index (χ0v) is 21.5. The Labute approximate surface area is 202 Å². The van der Waals surface area contributed by atoms with E-state index in [1.54, 1.807) is 0 Å². The number of carboxylic acid groups (broad SMARTS) is 1. The van der Waals surface area contributed by atoms with Crippen molar-refractivity contribution in [3.05, 3.63) is 0 Å². The third-order valence-electron chi connectivity index (χ3n) is 5.84. The van der Waals surface area contributed by atoms with Crippen LogP contribution >= 0.6 is 0 Å². The van der Waals surface area contributed by atoms with E-state index in [4.69, 9.17) is 30.3 Å². The molecule has 0 aromatic heterocycles. The molecular weight excluding hydrogens is 424 g/mol. The van der Waals surface area contributed by atoms with Crippen molar-refractivity contribution in [2.24, 2.45) is 5.41 Å². The van der Waals surface area contributed by atoms with Gasteiger partial charge in [-0.1, -0.05) is 96.8 Å². The number of carbonyl (C=O) groups is 1. The number of hydrogen-bond acceptors (Lipinski definition) is 6. The summed E-state index contributed by atoms with van der Waals surface area (Å²) < 4.78 is 4.71. The molecule has 200 valence electrons. The van der Waals surface area contributed by atoms with Gasteiger partial charge in [0.1, 0.15) is 0 Å². The molecule has 7 heteroatoms. The highest BCUT2D eigenvalue weighted by atomic mass is 16.6. The van der Waals surface area contributed by atoms with Crippen LogP contribution in [0.4, 0.5) is 0 Å². The first-order chi connectivity index (χ1) is 15.9. The fraction of sp³-hybridized carbons (Fsp3) is 0.962. The number of hydrogen-bond donors (Lipinski definition) is 5. The molecule has 0 spiro atoms. The first-order valence-electron chi connectivity index (χ1n) is 13.2. The molecule has 1 atom stereocenters. The molecule has 1 saturated heterocycles. The summed E-state index contributed by atoms with van der Waals surface area (Å²) in [4.78, 5) is 10.3. The summed E-state index contributed by atoms with van der Waals surface area (Å²) in [6.07, 6.45) is 20.8. The Bertz CT molecular complexity index is 379. The monoisotopic (exact) mass is 478 g/mol. The second-order valence-electron chi connectivity index (χ2n) is 9.37. The molecule has 7 nitrogen and oxygen atoms in total. The molecule has 1 aliphatic heterocycles. The highest BCUT2D eigenvalue weighted by Gasteiger charge is 2.26. The SMILES string of the molecule is CC1CO1.CCCCCCCCCCCCCCCCCC(=O)O.OCC(CO)(CO)CO. The number of aliphatic hydroxyl groups excluding tert-OH is 4. The van der Waals surface area contributed by atoms with Crippen LogP contribution in [0, 0.1) is 5.41 Å². The van der Waals surface area contributed by atoms with Crippen molar-refractivity contribution in [3.8, 4) is 0 Å². The summed E-state index contributed by atoms with van der Waals surface area (Å²) in [5.74, 6) is -0.653. The standard InChI is InChI=1S/C18H36O2.C5H12O4.C3H6O/c1-2-3-4-5-6-7-8-9-10-11-12-13-14-15-16-17-18(19)20;6-1-5(2-7,3-8)4-9;1-3-2-4-3/h2-17H2,1H3,(H,19,20);6-9H,1-4H2;3H,2H2,1H3. The van der Waals surface area contributed by atoms with Gasteiger partial charge in [0.2, 0.25) is 0 Å². The van der Waals surface area contributed by atoms with Crippen molar-refractivity contribution in [1.29, 1.82) is 0 Å². The smallest absolute Gasteiger partial charge is 0.303 e. The van der Waals surface area contributed by atoms with Crippen LogP contribution in [0.3, 0.4) is 0 Å². The third kappa shape index (κ3) is 27.4. The van der Waals surface area contributed by atoms with Gasteiger partial charge in [-0.25, -0.2) is 0 Å². The average Bonchev–Trinajstić information content (AvgIpc) is 3.61. The number of aliphatic carboxylic acids is 1. The maximum atomic E-state index is 10.3. The van der Waals surface area contributed by atoms with Crippen LogP contribution in [-0.4, -0.2) is 70.6 Å². The van der Waals surface area contributed by atoms with Crippen molar-refractivity contribution >= 4 is 5.97 Å². The van der Waals surface area contributed by atoms with Crippen molar-refractivity contribution < 1.29 is 35.1 Å². The van der Waals surface area contributed by atoms with Crippen LogP contribution in [0.1, 0.15) is 117 Å². The highest BCUT2D eigenvalue weighted by Crippen LogP contribution is 2.14. The van der Waals surface area contributed by atoms with Crippen molar-refractivity contribution in [2.75, 3.05) is 33.0 Å². The topological polar surface area (TPSA) is 131 Å². The summed E-state index contributed by atoms with van der Waals surface area (Å²) in [6.45, 7) is 3.69. The molecule has 0 aliphatic carbocycles. The largest absolute Gasteiger partial charge is 0.481 e. The lowest BCUT2D eigenvalue weighted by Gasteiger charge is -2.23. The number of rotatable bonds is 20. The normalized spacial score (nSPS) is 14.7. The predicted octanol–water partition coefficient (Wildman–Crippen LogP) is 4.68. The van der Waals surface area contributed by atoms with Crippen molar-refractivity contribution in [2.45, 2.75) is 123 Å². The molecule has 33 heavy (non-hydrogen) atoms. The van der Waals surface area contributed by atoms with Gasteiger partial charge in [-0.05, 0) is 13.3 Å². The Kier molecular flexibility index (Phi) is 27.0. The van der Waals surface area contributed by atoms with E-state index < -0.39 is 37.8 Å². The van der Waals surface area contributed by atoms with E-state index in [1.165, 1.54) is 83.5 Å². The zero-order chi connectivity index (χ0) is 25.2. The van der Waals surface area contributed by atoms with Crippen molar-refractivity contribution in [3.63, 3.8) is 0 Å². The maximum absolute atomic E-state index is 10.3. The molecule has 0 saturated carbocycles. The Morgan fingerprint density at radius 3 is 1.15 bits per heavy atom. The Balaban J connectivity index is 0. The van der Waals surface area contributed by atoms with E-state index in [9.17, 15) is 4.79 Å². The minimum Gasteiger partial charge on any atom is -0.481 e. The molecule has 0 aromatic rings. The number of aliphatic hydroxyl groups is 4. The van der Waals surface area contributed by atoms with E-state index in [0.29, 0.717) is 12.5 Å². The van der Waals surface area contributed by atoms with Gasteiger partial charge in [-0.2, -0.15) is 0 Å². The van der Waals surface area contributed by atoms with Crippen LogP contribution in [-0.2, 0) is 9.53 Å². The average molecular weight is 479 g/mol. The maximum Gasteiger partial charge on any atom is 0.303 e. The lowest BCUT2D eigenvalue weighted by molar-refractivity contribution is -0.137. The van der Waals surface area contributed by atoms with E-state index >= 15 is 0 Å². The molecular formula is C26H54O7. The molecule has 1 fully saturated rings. The summed E-state index contributed by atoms with van der Waals surface area (Å²) >= 11 is 0. The predicted molar refractivity (Wildman–Crippen MR) is 133 cm³/mol. The van der Waals surface area contributed by atoms with Gasteiger partial charge in [-0.3, -0.25) is 4.79 Å². The van der Waals surface area contributed by atoms with Crippen molar-refractivity contribution in [1.82, 2.24) is 0 Å². The minimum absolute atomic E-state index is 0.345. The lowest BCUT2D eigenvalue weighted by Crippen LogP contribution is -2.37. The van der Waals surface area contributed by atoms with Gasteiger partial charge in [-0.15, -0.1) is 0 Å². The van der Waals surface area contributed by atoms with Crippen LogP contribution in [0.5, 0.6) is 0 Å². The van der Waals surface area contributed by atoms with E-state index in [2.05, 4.69) is 13.8 Å². The minimum atomic E-state index is -1.11. The molecule has 0 aromatic carbocycles. The molecule has 0 radical (unpaired) electrons. The number of unbranched alkanes of at least 4 members (excludes halogenated alkanes) is 14. The summed E-state index contributed by atoms with van der Waals surface area (Å²) in [5, 5.41) is 42.5. The summed E-state index contributed by atoms with van der Waals surface area (Å²) in [6, 6.07) is 0. The molecule has 1 aliphatic rings. The van der Waals surface area contributed by atoms with Crippen LogP contribution in [0.15, 0.2) is 0 Å². The van der Waals surface area contributed by atoms with Crippen LogP contribution in [0.25, 0.3) is 0 Å². The van der Waals surface area contributed by atoms with Gasteiger partial charge in [0.25, 0.3) is 0 Å². The van der Waals surface area contributed by atoms with Gasteiger partial charge in [0.05, 0.1) is 44.6 Å². The van der Waals surface area contributed by atoms with E-state index in [0.717, 1.165) is 19.4 Å². The fourth-order valence-electron chi connectivity index (χ4n) is 3.04. The second kappa shape index (κ2) is 25.9. The van der Waals surface area contributed by atoms with Crippen LogP contribution < -0.4 is 0 Å². The third-order valence-corrected chi connectivity index (χ3v) is 5.84. The zero-order valence-electron chi connectivity index (χ0n) is 21.5. The first-order valence-corrected chi connectivity index (χ1v) is 13.2. The lowest BCUT2D eigenvalue weighted by atomic mass is 9.93. The Hall–Kier alpha value is -0.730. The highest BCUT2D eigenvalue weighted by molar-refractivity contribution is 5.66. The molecule has 0 amide bonds. The van der Waals surface area contributed by atoms with Gasteiger partial charge in [0.15, 0.2) is 0 Å². The quantitative estimate of drug-likeness (QED) is 0.127. The Morgan fingerprint density at radius 1 is 0.697 bits per heavy atom. The van der Waals surface area contributed by atoms with E-state index in [1.807, 2.05) is 0 Å². The number of epoxide rings is 1. The molecule has 5 N–H and O–H groups in total. The van der Waals surface area contributed by atoms with Gasteiger partial charge < -0.3 is 30.3 Å². The van der Waals surface area contributed by atoms with Gasteiger partial charge in [0, 0.05) is 6.42 Å². The van der Waals surface area contributed by atoms with Crippen LogP contribution in [0.2, 0.25) is 0 Å². The van der Waals surface area contributed by atoms with E-state index in [-0.39, 0.29) is 0 Å². The molecule has 1 heterocycles. The fourth-order valence-corrected chi connectivity index (χ4v) is 3.04. The number of ether oxygens (including phenoxy) is 1. The molecule has 1 rings (SSSR count). The molecule has 0 bridgehead atoms. The first kappa shape index (κ1) is 34.4. The van der Waals surface area contributed by atoms with Gasteiger partial charge >= 0.3 is 5.97 Å². The molecule has 1 unspecified atom stereocenters. The summed E-state index contributed by atoms with van der Waals surface area (Å²) in [5.41, 5.74) is -1.11. The Morgan fingerprint density at radius 2 is 0.970 bits per heavy atom. The number of carboxylic acids is 1. The second-order valence-corrected chi connectivity index (χ2v) is 9.37. The summed E-state index contributed by atoms with van der Waals surface area (Å²) in [7, 11) is 0.